The first-order valence-electron chi connectivity index (χ1n) is 22.2. The highest BCUT2D eigenvalue weighted by Gasteiger charge is 2.34. The summed E-state index contributed by atoms with van der Waals surface area (Å²) in [5.74, 6) is 0.109. The van der Waals surface area contributed by atoms with E-state index in [1.54, 1.807) is 6.92 Å². The number of rotatable bonds is 51. The fourth-order valence-electron chi connectivity index (χ4n) is 5.19. The number of hydrogen-bond acceptors (Lipinski definition) is 23. The summed E-state index contributed by atoms with van der Waals surface area (Å²) in [6, 6.07) is 0. The zero-order valence-corrected chi connectivity index (χ0v) is 38.1. The molecule has 9 N–H and O–H groups in total. The van der Waals surface area contributed by atoms with E-state index in [-0.39, 0.29) is 51.7 Å². The second-order valence-corrected chi connectivity index (χ2v) is 14.4. The van der Waals surface area contributed by atoms with Gasteiger partial charge in [0.1, 0.15) is 36.3 Å². The summed E-state index contributed by atoms with van der Waals surface area (Å²) in [4.78, 5) is 12.2. The highest BCUT2D eigenvalue weighted by Crippen LogP contribution is 2.12. The van der Waals surface area contributed by atoms with Crippen LogP contribution in [0.3, 0.4) is 0 Å². The maximum Gasteiger partial charge on any atom is 0.132 e. The molecule has 0 spiro atoms. The van der Waals surface area contributed by atoms with E-state index in [0.29, 0.717) is 145 Å². The van der Waals surface area contributed by atoms with Crippen molar-refractivity contribution in [2.45, 2.75) is 75.5 Å². The quantitative estimate of drug-likeness (QED) is 0.0261. The standard InChI is InChI=1S/C41H83NO22/c1-3-34(45)38(49)39(50)35(46)30-42(31-36(47)40(51)41(52)37(48)32-43)5-7-54-9-11-56-13-15-58-17-19-60-21-23-62-25-27-64-29-28-63-26-24-61-22-20-59-18-16-57-14-12-55-10-8-53-6-4-33(2)44/h34-41,43,45-52H,3-32H2,1-2H3/t34-,35+,36+,37-,38-,39-,40-,41-/m1/s1. The Morgan fingerprint density at radius 3 is 0.859 bits per heavy atom. The highest BCUT2D eigenvalue weighted by atomic mass is 16.6. The van der Waals surface area contributed by atoms with Gasteiger partial charge in [0.2, 0.25) is 0 Å². The van der Waals surface area contributed by atoms with Gasteiger partial charge in [-0.2, -0.15) is 0 Å². The highest BCUT2D eigenvalue weighted by molar-refractivity contribution is 5.75. The number of carbonyl (C=O) groups is 1. The summed E-state index contributed by atoms with van der Waals surface area (Å²) in [6.45, 7) is 11.3. The fraction of sp³-hybridized carbons (Fsp3) is 0.976. The van der Waals surface area contributed by atoms with Crippen molar-refractivity contribution in [3.8, 4) is 0 Å². The molecule has 64 heavy (non-hydrogen) atoms. The average Bonchev–Trinajstić information content (AvgIpc) is 3.29. The van der Waals surface area contributed by atoms with Gasteiger partial charge in [-0.15, -0.1) is 0 Å². The number of ether oxygens (including phenoxy) is 12. The molecule has 0 saturated heterocycles. The number of nitrogens with zero attached hydrogens (tertiary/aromatic N) is 1. The van der Waals surface area contributed by atoms with Gasteiger partial charge >= 0.3 is 0 Å². The van der Waals surface area contributed by atoms with E-state index in [1.165, 1.54) is 11.8 Å². The first kappa shape index (κ1) is 62.8. The van der Waals surface area contributed by atoms with E-state index in [1.807, 2.05) is 0 Å². The van der Waals surface area contributed by atoms with Crippen molar-refractivity contribution in [2.75, 3.05) is 185 Å². The van der Waals surface area contributed by atoms with Crippen LogP contribution in [0, 0.1) is 0 Å². The molecule has 23 nitrogen and oxygen atoms in total. The van der Waals surface area contributed by atoms with Crippen LogP contribution in [0.1, 0.15) is 26.7 Å². The van der Waals surface area contributed by atoms with Crippen LogP contribution in [0.5, 0.6) is 0 Å². The van der Waals surface area contributed by atoms with E-state index in [4.69, 9.17) is 61.9 Å². The molecule has 0 amide bonds. The van der Waals surface area contributed by atoms with Crippen LogP contribution in [0.15, 0.2) is 0 Å². The van der Waals surface area contributed by atoms with Crippen molar-refractivity contribution in [1.82, 2.24) is 4.90 Å². The van der Waals surface area contributed by atoms with Crippen molar-refractivity contribution < 1.29 is 108 Å². The number of aliphatic hydroxyl groups excluding tert-OH is 9. The Morgan fingerprint density at radius 2 is 0.609 bits per heavy atom. The van der Waals surface area contributed by atoms with Crippen LogP contribution in [0.25, 0.3) is 0 Å². The average molecular weight is 942 g/mol. The molecular weight excluding hydrogens is 858 g/mol. The number of Topliss-reactive ketones (excluding diaryl/α,β-unsaturated/α-hetero) is 1. The Balaban J connectivity index is 3.67. The topological polar surface area (TPSA) is 313 Å². The van der Waals surface area contributed by atoms with Gasteiger partial charge in [-0.3, -0.25) is 9.69 Å². The first-order chi connectivity index (χ1) is 31.0. The predicted molar refractivity (Wildman–Crippen MR) is 227 cm³/mol. The Kier molecular flexibility index (Phi) is 44.7. The van der Waals surface area contributed by atoms with Crippen molar-refractivity contribution >= 4 is 5.78 Å². The van der Waals surface area contributed by atoms with Crippen molar-refractivity contribution in [3.05, 3.63) is 0 Å². The summed E-state index contributed by atoms with van der Waals surface area (Å²) < 4.78 is 65.4. The first-order valence-corrected chi connectivity index (χ1v) is 22.2. The monoisotopic (exact) mass is 942 g/mol. The van der Waals surface area contributed by atoms with Crippen LogP contribution in [0.2, 0.25) is 0 Å². The minimum atomic E-state index is -1.85. The Bertz CT molecular complexity index is 967. The summed E-state index contributed by atoms with van der Waals surface area (Å²) in [5, 5.41) is 89.9. The van der Waals surface area contributed by atoms with Crippen LogP contribution < -0.4 is 0 Å². The molecular formula is C41H83NO22. The van der Waals surface area contributed by atoms with Crippen molar-refractivity contribution in [1.29, 1.82) is 0 Å². The molecule has 0 aliphatic rings. The summed E-state index contributed by atoms with van der Waals surface area (Å²) in [6.07, 6.45) is -12.6. The molecule has 8 atom stereocenters. The second kappa shape index (κ2) is 45.6. The lowest BCUT2D eigenvalue weighted by molar-refractivity contribution is -0.128. The molecule has 0 rings (SSSR count). The normalized spacial score (nSPS) is 15.9. The van der Waals surface area contributed by atoms with Crippen LogP contribution in [0.4, 0.5) is 0 Å². The van der Waals surface area contributed by atoms with Crippen molar-refractivity contribution in [2.24, 2.45) is 0 Å². The van der Waals surface area contributed by atoms with Crippen LogP contribution in [-0.4, -0.2) is 290 Å². The third-order valence-electron chi connectivity index (χ3n) is 9.01. The van der Waals surface area contributed by atoms with Gasteiger partial charge in [0, 0.05) is 26.1 Å². The predicted octanol–water partition coefficient (Wildman–Crippen LogP) is -4.24. The van der Waals surface area contributed by atoms with E-state index in [2.05, 4.69) is 0 Å². The van der Waals surface area contributed by atoms with E-state index in [9.17, 15) is 45.6 Å². The molecule has 0 heterocycles. The molecule has 0 radical (unpaired) electrons. The van der Waals surface area contributed by atoms with Gasteiger partial charge < -0.3 is 103 Å². The Labute approximate surface area is 378 Å². The Morgan fingerprint density at radius 1 is 0.375 bits per heavy atom. The number of hydrogen-bond donors (Lipinski definition) is 9. The van der Waals surface area contributed by atoms with Gasteiger partial charge in [-0.25, -0.2) is 0 Å². The lowest BCUT2D eigenvalue weighted by atomic mass is 10.00. The van der Waals surface area contributed by atoms with Gasteiger partial charge in [-0.05, 0) is 13.3 Å². The molecule has 0 saturated carbocycles. The number of carbonyl (C=O) groups excluding carboxylic acids is 1. The molecule has 0 aromatic rings. The second-order valence-electron chi connectivity index (χ2n) is 14.4. The molecule has 23 heteroatoms. The summed E-state index contributed by atoms with van der Waals surface area (Å²) in [7, 11) is 0. The Hall–Kier alpha value is -1.21. The van der Waals surface area contributed by atoms with Gasteiger partial charge in [-0.1, -0.05) is 6.92 Å². The summed E-state index contributed by atoms with van der Waals surface area (Å²) >= 11 is 0. The number of ketones is 1. The number of aliphatic hydroxyl groups is 9. The molecule has 0 aromatic heterocycles. The lowest BCUT2D eigenvalue weighted by Crippen LogP contribution is -2.53. The SMILES string of the molecule is CC[C@@H](O)[C@@H](O)[C@H](O)[C@@H](O)CN(CCOCCOCCOCCOCCOCCOCCOCCOCCOCCOCCOCCOCCC(C)=O)C[C@H](O)[C@@H](O)[C@H](O)[C@H](O)CO. The van der Waals surface area contributed by atoms with E-state index < -0.39 is 55.4 Å². The summed E-state index contributed by atoms with van der Waals surface area (Å²) in [5.41, 5.74) is 0. The molecule has 0 aliphatic heterocycles. The molecule has 0 unspecified atom stereocenters. The largest absolute Gasteiger partial charge is 0.394 e. The van der Waals surface area contributed by atoms with Gasteiger partial charge in [0.15, 0.2) is 0 Å². The van der Waals surface area contributed by atoms with Gasteiger partial charge in [0.25, 0.3) is 0 Å². The molecule has 0 bridgehead atoms. The molecule has 0 aliphatic carbocycles. The zero-order chi connectivity index (χ0) is 47.5. The smallest absolute Gasteiger partial charge is 0.132 e. The van der Waals surface area contributed by atoms with Crippen molar-refractivity contribution in [3.63, 3.8) is 0 Å². The minimum Gasteiger partial charge on any atom is -0.394 e. The van der Waals surface area contributed by atoms with E-state index in [0.717, 1.165) is 0 Å². The maximum atomic E-state index is 10.8. The third kappa shape index (κ3) is 37.8. The van der Waals surface area contributed by atoms with E-state index >= 15 is 0 Å². The fourth-order valence-corrected chi connectivity index (χ4v) is 5.19. The van der Waals surface area contributed by atoms with Crippen LogP contribution >= 0.6 is 0 Å². The van der Waals surface area contributed by atoms with Gasteiger partial charge in [0.05, 0.1) is 183 Å². The molecule has 384 valence electrons. The minimum absolute atomic E-state index is 0.0770. The molecule has 0 aromatic carbocycles. The maximum absolute atomic E-state index is 10.8. The third-order valence-corrected chi connectivity index (χ3v) is 9.01. The van der Waals surface area contributed by atoms with Crippen LogP contribution in [-0.2, 0) is 61.6 Å². The zero-order valence-electron chi connectivity index (χ0n) is 38.1. The lowest BCUT2D eigenvalue weighted by Gasteiger charge is -2.33. The molecule has 0 fully saturated rings.